The molecule has 1 aliphatic heterocycles. The van der Waals surface area contributed by atoms with Gasteiger partial charge in [-0.2, -0.15) is 0 Å². The van der Waals surface area contributed by atoms with E-state index in [0.717, 1.165) is 24.3 Å². The van der Waals surface area contributed by atoms with E-state index in [1.807, 2.05) is 19.2 Å². The topological polar surface area (TPSA) is 84.1 Å². The van der Waals surface area contributed by atoms with Crippen LogP contribution in [0.2, 0.25) is 0 Å². The summed E-state index contributed by atoms with van der Waals surface area (Å²) < 4.78 is 1.62. The monoisotopic (exact) mass is 259 g/mol. The molecule has 1 N–H and O–H groups in total. The Balaban J connectivity index is 1.69. The summed E-state index contributed by atoms with van der Waals surface area (Å²) in [5.41, 5.74) is 2.27. The number of carboxylic acid groups (broad SMARTS) is 1. The first-order chi connectivity index (χ1) is 9.15. The molecule has 0 aromatic carbocycles. The number of carboxylic acids is 1. The Labute approximate surface area is 109 Å². The molecule has 1 saturated heterocycles. The van der Waals surface area contributed by atoms with Crippen molar-refractivity contribution in [1.82, 2.24) is 20.0 Å². The Morgan fingerprint density at radius 2 is 2.26 bits per heavy atom. The fraction of sp³-hybridized carbons (Fsp3) is 0.333. The van der Waals surface area contributed by atoms with Crippen LogP contribution in [-0.4, -0.2) is 44.1 Å². The maximum Gasteiger partial charge on any atom is 0.358 e. The average molecular weight is 259 g/mol. The molecule has 2 aromatic heterocycles. The first-order valence-electron chi connectivity index (χ1n) is 5.96. The Hall–Kier alpha value is -2.44. The number of rotatable bonds is 3. The van der Waals surface area contributed by atoms with Gasteiger partial charge in [-0.05, 0) is 18.6 Å². The maximum absolute atomic E-state index is 10.7. The van der Waals surface area contributed by atoms with Gasteiger partial charge >= 0.3 is 5.97 Å². The summed E-state index contributed by atoms with van der Waals surface area (Å²) in [6.45, 7) is 3.62. The van der Waals surface area contributed by atoms with E-state index in [4.69, 9.17) is 5.11 Å². The molecule has 7 heteroatoms. The van der Waals surface area contributed by atoms with Crippen molar-refractivity contribution < 1.29 is 9.90 Å². The molecule has 0 amide bonds. The molecule has 0 atom stereocenters. The van der Waals surface area contributed by atoms with E-state index in [1.54, 1.807) is 10.9 Å². The molecule has 7 nitrogen and oxygen atoms in total. The molecular weight excluding hydrogens is 246 g/mol. The van der Waals surface area contributed by atoms with Gasteiger partial charge in [-0.15, -0.1) is 5.10 Å². The van der Waals surface area contributed by atoms with Gasteiger partial charge in [0.15, 0.2) is 5.69 Å². The lowest BCUT2D eigenvalue weighted by Crippen LogP contribution is -2.48. The normalized spacial score (nSPS) is 15.3. The molecule has 0 bridgehead atoms. The van der Waals surface area contributed by atoms with Crippen LogP contribution in [0.25, 0.3) is 0 Å². The van der Waals surface area contributed by atoms with Crippen LogP contribution < -0.4 is 4.90 Å². The van der Waals surface area contributed by atoms with Gasteiger partial charge in [0.1, 0.15) is 0 Å². The van der Waals surface area contributed by atoms with E-state index in [9.17, 15) is 4.79 Å². The molecule has 98 valence electrons. The van der Waals surface area contributed by atoms with Crippen molar-refractivity contribution >= 4 is 11.7 Å². The van der Waals surface area contributed by atoms with Crippen LogP contribution in [0.1, 0.15) is 22.1 Å². The molecule has 0 spiro atoms. The third-order valence-corrected chi connectivity index (χ3v) is 3.30. The average Bonchev–Trinajstić information content (AvgIpc) is 2.79. The van der Waals surface area contributed by atoms with Crippen LogP contribution in [-0.2, 0) is 0 Å². The summed E-state index contributed by atoms with van der Waals surface area (Å²) in [6, 6.07) is 2.16. The molecule has 3 rings (SSSR count). The zero-order valence-corrected chi connectivity index (χ0v) is 10.4. The largest absolute Gasteiger partial charge is 0.476 e. The lowest BCUT2D eigenvalue weighted by atomic mass is 10.1. The molecule has 2 aromatic rings. The summed E-state index contributed by atoms with van der Waals surface area (Å²) in [6.07, 6.45) is 5.08. The quantitative estimate of drug-likeness (QED) is 0.875. The highest BCUT2D eigenvalue weighted by Crippen LogP contribution is 2.29. The van der Waals surface area contributed by atoms with Crippen molar-refractivity contribution in [3.05, 3.63) is 35.9 Å². The molecule has 0 aliphatic carbocycles. The Kier molecular flexibility index (Phi) is 2.66. The molecule has 1 aliphatic rings. The second kappa shape index (κ2) is 4.34. The minimum absolute atomic E-state index is 0.0152. The van der Waals surface area contributed by atoms with E-state index in [0.29, 0.717) is 0 Å². The van der Waals surface area contributed by atoms with E-state index in [-0.39, 0.29) is 11.7 Å². The van der Waals surface area contributed by atoms with Gasteiger partial charge in [0.05, 0.1) is 12.2 Å². The van der Waals surface area contributed by atoms with Gasteiger partial charge in [-0.3, -0.25) is 4.98 Å². The van der Waals surface area contributed by atoms with Crippen molar-refractivity contribution in [3.63, 3.8) is 0 Å². The summed E-state index contributed by atoms with van der Waals surface area (Å²) >= 11 is 0. The number of nitrogens with zero attached hydrogens (tertiary/aromatic N) is 5. The third kappa shape index (κ3) is 2.03. The Bertz CT molecular complexity index is 618. The second-order valence-electron chi connectivity index (χ2n) is 4.61. The molecule has 0 saturated carbocycles. The minimum atomic E-state index is -1.05. The van der Waals surface area contributed by atoms with Crippen LogP contribution >= 0.6 is 0 Å². The summed E-state index contributed by atoms with van der Waals surface area (Å²) in [5.74, 6) is -1.05. The molecule has 3 heterocycles. The maximum atomic E-state index is 10.7. The highest BCUT2D eigenvalue weighted by Gasteiger charge is 2.30. The predicted octanol–water partition coefficient (Wildman–Crippen LogP) is 0.741. The SMILES string of the molecule is Cc1cnccc1N1CC(n2cc(C(=O)O)nn2)C1. The highest BCUT2D eigenvalue weighted by atomic mass is 16.4. The van der Waals surface area contributed by atoms with Crippen molar-refractivity contribution in [3.8, 4) is 0 Å². The smallest absolute Gasteiger partial charge is 0.358 e. The van der Waals surface area contributed by atoms with Gasteiger partial charge in [0, 0.05) is 31.2 Å². The van der Waals surface area contributed by atoms with Gasteiger partial charge in [-0.1, -0.05) is 5.21 Å². The third-order valence-electron chi connectivity index (χ3n) is 3.30. The summed E-state index contributed by atoms with van der Waals surface area (Å²) in [7, 11) is 0. The van der Waals surface area contributed by atoms with Gasteiger partial charge in [-0.25, -0.2) is 9.48 Å². The number of hydrogen-bond donors (Lipinski definition) is 1. The zero-order chi connectivity index (χ0) is 13.4. The van der Waals surface area contributed by atoms with Gasteiger partial charge in [0.25, 0.3) is 0 Å². The van der Waals surface area contributed by atoms with Crippen molar-refractivity contribution in [2.75, 3.05) is 18.0 Å². The van der Waals surface area contributed by atoms with E-state index in [2.05, 4.69) is 20.2 Å². The summed E-state index contributed by atoms with van der Waals surface area (Å²) in [5, 5.41) is 16.3. The van der Waals surface area contributed by atoms with E-state index in [1.165, 1.54) is 6.20 Å². The first kappa shape index (κ1) is 11.6. The van der Waals surface area contributed by atoms with Crippen LogP contribution in [0.3, 0.4) is 0 Å². The highest BCUT2D eigenvalue weighted by molar-refractivity contribution is 5.84. The number of aromatic carboxylic acids is 1. The van der Waals surface area contributed by atoms with E-state index >= 15 is 0 Å². The first-order valence-corrected chi connectivity index (χ1v) is 5.96. The lowest BCUT2D eigenvalue weighted by molar-refractivity contribution is 0.0690. The van der Waals surface area contributed by atoms with Crippen LogP contribution in [0.15, 0.2) is 24.7 Å². The number of hydrogen-bond acceptors (Lipinski definition) is 5. The Morgan fingerprint density at radius 3 is 2.89 bits per heavy atom. The van der Waals surface area contributed by atoms with Gasteiger partial charge < -0.3 is 10.0 Å². The van der Waals surface area contributed by atoms with E-state index < -0.39 is 5.97 Å². The standard InChI is InChI=1S/C12H13N5O2/c1-8-4-13-3-2-11(8)16-5-9(6-16)17-7-10(12(18)19)14-15-17/h2-4,7,9H,5-6H2,1H3,(H,18,19). The number of aryl methyl sites for hydroxylation is 1. The lowest BCUT2D eigenvalue weighted by Gasteiger charge is -2.41. The molecule has 0 unspecified atom stereocenters. The van der Waals surface area contributed by atoms with Crippen molar-refractivity contribution in [1.29, 1.82) is 0 Å². The second-order valence-corrected chi connectivity index (χ2v) is 4.61. The predicted molar refractivity (Wildman–Crippen MR) is 67.2 cm³/mol. The van der Waals surface area contributed by atoms with Crippen LogP contribution in [0.4, 0.5) is 5.69 Å². The van der Waals surface area contributed by atoms with Crippen LogP contribution in [0, 0.1) is 6.92 Å². The zero-order valence-electron chi connectivity index (χ0n) is 10.4. The fourth-order valence-corrected chi connectivity index (χ4v) is 2.19. The van der Waals surface area contributed by atoms with Crippen molar-refractivity contribution in [2.24, 2.45) is 0 Å². The molecule has 0 radical (unpaired) electrons. The van der Waals surface area contributed by atoms with Crippen molar-refractivity contribution in [2.45, 2.75) is 13.0 Å². The van der Waals surface area contributed by atoms with Crippen LogP contribution in [0.5, 0.6) is 0 Å². The number of carbonyl (C=O) groups is 1. The molecule has 1 fully saturated rings. The van der Waals surface area contributed by atoms with Gasteiger partial charge in [0.2, 0.25) is 0 Å². The molecular formula is C12H13N5O2. The number of aromatic nitrogens is 4. The fourth-order valence-electron chi connectivity index (χ4n) is 2.19. The Morgan fingerprint density at radius 1 is 1.47 bits per heavy atom. The number of pyridine rings is 1. The number of anilines is 1. The molecule has 19 heavy (non-hydrogen) atoms. The minimum Gasteiger partial charge on any atom is -0.476 e. The summed E-state index contributed by atoms with van der Waals surface area (Å²) in [4.78, 5) is 17.0.